The van der Waals surface area contributed by atoms with Gasteiger partial charge in [0.2, 0.25) is 6.41 Å². The molecule has 0 saturated heterocycles. The Balaban J connectivity index is 3.19. The molecule has 2 atom stereocenters. The van der Waals surface area contributed by atoms with Crippen molar-refractivity contribution in [3.63, 3.8) is 0 Å². The molecule has 0 fully saturated rings. The Hall–Kier alpha value is -1.73. The fraction of sp³-hybridized carbons (Fsp3) is 0.188. The minimum atomic E-state index is -0.290. The quantitative estimate of drug-likeness (QED) is 0.476. The highest BCUT2D eigenvalue weighted by atomic mass is 31.0. The highest BCUT2D eigenvalue weighted by molar-refractivity contribution is 7.23. The highest BCUT2D eigenvalue weighted by Gasteiger charge is 2.11. The van der Waals surface area contributed by atoms with Crippen LogP contribution in [0.4, 0.5) is 4.39 Å². The number of carbonyl (C=O) groups is 1. The molecule has 0 radical (unpaired) electrons. The molecule has 1 amide bonds. The summed E-state index contributed by atoms with van der Waals surface area (Å²) in [5.74, 6) is -0.290. The van der Waals surface area contributed by atoms with Gasteiger partial charge in [0.1, 0.15) is 5.83 Å². The third-order valence-electron chi connectivity index (χ3n) is 3.02. The van der Waals surface area contributed by atoms with Crippen molar-refractivity contribution in [2.24, 2.45) is 0 Å². The summed E-state index contributed by atoms with van der Waals surface area (Å²) in [6.45, 7) is 7.21. The molecule has 0 bridgehead atoms. The maximum atomic E-state index is 14.0. The first-order valence-corrected chi connectivity index (χ1v) is 6.87. The Morgan fingerprint density at radius 3 is 2.45 bits per heavy atom. The van der Waals surface area contributed by atoms with Crippen LogP contribution in [0.1, 0.15) is 31.0 Å². The van der Waals surface area contributed by atoms with Gasteiger partial charge in [0.25, 0.3) is 0 Å². The topological polar surface area (TPSA) is 29.1 Å². The zero-order valence-electron chi connectivity index (χ0n) is 11.7. The molecule has 1 N–H and O–H groups in total. The number of carbonyl (C=O) groups excluding carboxylic acids is 1. The van der Waals surface area contributed by atoms with Crippen molar-refractivity contribution >= 4 is 21.2 Å². The van der Waals surface area contributed by atoms with Gasteiger partial charge in [0, 0.05) is 5.57 Å². The number of halogens is 1. The Kier molecular flexibility index (Phi) is 6.33. The van der Waals surface area contributed by atoms with E-state index in [-0.39, 0.29) is 11.9 Å². The molecule has 0 saturated carbocycles. The minimum Gasteiger partial charge on any atom is -0.352 e. The zero-order chi connectivity index (χ0) is 15.1. The summed E-state index contributed by atoms with van der Waals surface area (Å²) in [5, 5.41) is 3.38. The van der Waals surface area contributed by atoms with E-state index in [1.54, 1.807) is 13.0 Å². The third kappa shape index (κ3) is 3.88. The monoisotopic (exact) mass is 291 g/mol. The summed E-state index contributed by atoms with van der Waals surface area (Å²) < 4.78 is 14.0. The summed E-state index contributed by atoms with van der Waals surface area (Å²) in [5.41, 5.74) is 2.24. The number of hydrogen-bond acceptors (Lipinski definition) is 1. The van der Waals surface area contributed by atoms with E-state index >= 15 is 0 Å². The van der Waals surface area contributed by atoms with Crippen molar-refractivity contribution < 1.29 is 9.18 Å². The molecule has 2 nitrogen and oxygen atoms in total. The van der Waals surface area contributed by atoms with Crippen molar-refractivity contribution in [3.8, 4) is 0 Å². The summed E-state index contributed by atoms with van der Waals surface area (Å²) in [4.78, 5) is 10.4. The first-order chi connectivity index (χ1) is 9.54. The van der Waals surface area contributed by atoms with Crippen LogP contribution in [0.25, 0.3) is 5.57 Å². The minimum absolute atomic E-state index is 0.0737. The predicted octanol–water partition coefficient (Wildman–Crippen LogP) is 4.14. The molecule has 0 aliphatic carbocycles. The standard InChI is InChI=1S/C16H19FNOP/c1-4-14(17)16(15(20)5-2)13-8-6-12(7-9-13)11(3)18-10-19/h4-11H,2,20H2,1,3H3,(H,18,19)/b14-4+,16-15+. The third-order valence-corrected chi connectivity index (χ3v) is 3.54. The molecule has 2 unspecified atom stereocenters. The second kappa shape index (κ2) is 7.76. The van der Waals surface area contributed by atoms with Crippen LogP contribution in [0.3, 0.4) is 0 Å². The van der Waals surface area contributed by atoms with Gasteiger partial charge in [0.15, 0.2) is 0 Å². The fourth-order valence-corrected chi connectivity index (χ4v) is 2.13. The van der Waals surface area contributed by atoms with Crippen LogP contribution in [0.2, 0.25) is 0 Å². The lowest BCUT2D eigenvalue weighted by atomic mass is 10.00. The van der Waals surface area contributed by atoms with E-state index in [1.165, 1.54) is 6.08 Å². The number of hydrogen-bond donors (Lipinski definition) is 1. The maximum Gasteiger partial charge on any atom is 0.207 e. The number of benzene rings is 1. The SMILES string of the molecule is C=C/C(P)=C(\C(F)=C/C)c1ccc(C(C)NC=O)cc1. The summed E-state index contributed by atoms with van der Waals surface area (Å²) >= 11 is 0. The number of nitrogens with one attached hydrogen (secondary N) is 1. The molecule has 1 aromatic rings. The fourth-order valence-electron chi connectivity index (χ4n) is 1.83. The van der Waals surface area contributed by atoms with E-state index in [2.05, 4.69) is 21.1 Å². The summed E-state index contributed by atoms with van der Waals surface area (Å²) in [7, 11) is 2.49. The van der Waals surface area contributed by atoms with Gasteiger partial charge in [-0.1, -0.05) is 43.0 Å². The van der Waals surface area contributed by atoms with E-state index in [0.717, 1.165) is 11.1 Å². The van der Waals surface area contributed by atoms with Gasteiger partial charge in [0.05, 0.1) is 6.04 Å². The maximum absolute atomic E-state index is 14.0. The van der Waals surface area contributed by atoms with Crippen LogP contribution >= 0.6 is 9.24 Å². The lowest BCUT2D eigenvalue weighted by Gasteiger charge is -2.13. The summed E-state index contributed by atoms with van der Waals surface area (Å²) in [6, 6.07) is 7.35. The second-order valence-electron chi connectivity index (χ2n) is 4.30. The van der Waals surface area contributed by atoms with Crippen LogP contribution in [0.15, 0.2) is 54.1 Å². The smallest absolute Gasteiger partial charge is 0.207 e. The van der Waals surface area contributed by atoms with Crippen molar-refractivity contribution in [3.05, 3.63) is 65.3 Å². The Morgan fingerprint density at radius 1 is 1.40 bits per heavy atom. The molecule has 0 aliphatic rings. The van der Waals surface area contributed by atoms with Crippen molar-refractivity contribution in [2.75, 3.05) is 0 Å². The normalized spacial score (nSPS) is 14.3. The molecule has 0 aromatic heterocycles. The number of amides is 1. The Bertz CT molecular complexity index is 546. The first-order valence-electron chi connectivity index (χ1n) is 6.29. The first kappa shape index (κ1) is 16.3. The Morgan fingerprint density at radius 2 is 2.00 bits per heavy atom. The van der Waals surface area contributed by atoms with Gasteiger partial charge in [-0.3, -0.25) is 4.79 Å². The van der Waals surface area contributed by atoms with Crippen LogP contribution in [-0.4, -0.2) is 6.41 Å². The van der Waals surface area contributed by atoms with Crippen LogP contribution in [0.5, 0.6) is 0 Å². The zero-order valence-corrected chi connectivity index (χ0v) is 12.8. The highest BCUT2D eigenvalue weighted by Crippen LogP contribution is 2.31. The van der Waals surface area contributed by atoms with Gasteiger partial charge in [-0.15, -0.1) is 9.24 Å². The second-order valence-corrected chi connectivity index (χ2v) is 4.92. The average molecular weight is 291 g/mol. The van der Waals surface area contributed by atoms with Crippen LogP contribution in [0, 0.1) is 0 Å². The van der Waals surface area contributed by atoms with E-state index in [9.17, 15) is 9.18 Å². The average Bonchev–Trinajstić information content (AvgIpc) is 2.47. The number of allylic oxidation sites excluding steroid dienone is 5. The van der Waals surface area contributed by atoms with Crippen LogP contribution < -0.4 is 5.32 Å². The van der Waals surface area contributed by atoms with Crippen molar-refractivity contribution in [1.82, 2.24) is 5.32 Å². The molecule has 20 heavy (non-hydrogen) atoms. The van der Waals surface area contributed by atoms with Gasteiger partial charge in [-0.25, -0.2) is 4.39 Å². The molecule has 4 heteroatoms. The Labute approximate surface area is 121 Å². The molecular weight excluding hydrogens is 272 g/mol. The molecule has 0 aliphatic heterocycles. The van der Waals surface area contributed by atoms with E-state index in [1.807, 2.05) is 31.2 Å². The molecule has 0 spiro atoms. The number of rotatable bonds is 6. The lowest BCUT2D eigenvalue weighted by molar-refractivity contribution is -0.110. The van der Waals surface area contributed by atoms with Gasteiger partial charge >= 0.3 is 0 Å². The molecule has 0 heterocycles. The van der Waals surface area contributed by atoms with Gasteiger partial charge < -0.3 is 5.32 Å². The molecule has 1 aromatic carbocycles. The largest absolute Gasteiger partial charge is 0.352 e. The molecular formula is C16H19FNOP. The van der Waals surface area contributed by atoms with E-state index < -0.39 is 0 Å². The lowest BCUT2D eigenvalue weighted by Crippen LogP contribution is -2.15. The van der Waals surface area contributed by atoms with Crippen molar-refractivity contribution in [1.29, 1.82) is 0 Å². The van der Waals surface area contributed by atoms with Gasteiger partial charge in [-0.05, 0) is 30.3 Å². The van der Waals surface area contributed by atoms with Crippen LogP contribution in [-0.2, 0) is 4.79 Å². The van der Waals surface area contributed by atoms with E-state index in [4.69, 9.17) is 0 Å². The molecule has 1 rings (SSSR count). The summed E-state index contributed by atoms with van der Waals surface area (Å²) in [6.07, 6.45) is 3.70. The predicted molar refractivity (Wildman–Crippen MR) is 85.7 cm³/mol. The molecule has 106 valence electrons. The van der Waals surface area contributed by atoms with E-state index in [0.29, 0.717) is 17.3 Å². The van der Waals surface area contributed by atoms with Gasteiger partial charge in [-0.2, -0.15) is 0 Å². The van der Waals surface area contributed by atoms with Crippen molar-refractivity contribution in [2.45, 2.75) is 19.9 Å².